The van der Waals surface area contributed by atoms with Crippen molar-refractivity contribution in [2.45, 2.75) is 83.5 Å². The van der Waals surface area contributed by atoms with Gasteiger partial charge in [0.25, 0.3) is 5.91 Å². The predicted octanol–water partition coefficient (Wildman–Crippen LogP) is 1.88. The fourth-order valence-electron chi connectivity index (χ4n) is 2.03. The van der Waals surface area contributed by atoms with Crippen LogP contribution in [0.1, 0.15) is 41.5 Å². The summed E-state index contributed by atoms with van der Waals surface area (Å²) in [6, 6.07) is -0.962. The Kier molecular flexibility index (Phi) is 5.92. The first-order valence-corrected chi connectivity index (χ1v) is 11.1. The number of ether oxygens (including phenoxy) is 1. The first-order valence-electron chi connectivity index (χ1n) is 8.14. The van der Waals surface area contributed by atoms with Crippen LogP contribution in [0.2, 0.25) is 18.1 Å². The molecule has 1 saturated heterocycles. The zero-order valence-corrected chi connectivity index (χ0v) is 16.9. The number of likely N-dealkylation sites (tertiary alicyclic amines) is 1. The molecular formula is C16H31NO6Si. The molecular weight excluding hydrogens is 330 g/mol. The Balaban J connectivity index is 2.96. The van der Waals surface area contributed by atoms with Gasteiger partial charge in [-0.3, -0.25) is 4.79 Å². The van der Waals surface area contributed by atoms with Gasteiger partial charge >= 0.3 is 6.09 Å². The van der Waals surface area contributed by atoms with Crippen molar-refractivity contribution in [1.82, 2.24) is 4.90 Å². The molecule has 1 aliphatic rings. The van der Waals surface area contributed by atoms with E-state index in [1.807, 2.05) is 13.1 Å². The number of aliphatic hydroxyl groups excluding tert-OH is 2. The molecule has 0 aromatic heterocycles. The number of hydrogen-bond acceptors (Lipinski definition) is 6. The van der Waals surface area contributed by atoms with Crippen LogP contribution < -0.4 is 0 Å². The molecule has 1 aliphatic heterocycles. The van der Waals surface area contributed by atoms with Crippen LogP contribution in [0, 0.1) is 0 Å². The van der Waals surface area contributed by atoms with Crippen molar-refractivity contribution < 1.29 is 29.0 Å². The van der Waals surface area contributed by atoms with Gasteiger partial charge in [0.1, 0.15) is 11.7 Å². The Morgan fingerprint density at radius 2 is 1.67 bits per heavy atom. The highest BCUT2D eigenvalue weighted by molar-refractivity contribution is 6.74. The lowest BCUT2D eigenvalue weighted by Crippen LogP contribution is -2.50. The number of nitrogens with zero attached hydrogens (tertiary/aromatic N) is 1. The summed E-state index contributed by atoms with van der Waals surface area (Å²) >= 11 is 0. The fraction of sp³-hybridized carbons (Fsp3) is 0.875. The number of hydrogen-bond donors (Lipinski definition) is 2. The predicted molar refractivity (Wildman–Crippen MR) is 92.0 cm³/mol. The van der Waals surface area contributed by atoms with Gasteiger partial charge in [0.2, 0.25) is 0 Å². The number of amides is 2. The number of carbonyl (C=O) groups excluding carboxylic acids is 2. The van der Waals surface area contributed by atoms with Crippen LogP contribution in [0.4, 0.5) is 4.79 Å². The molecule has 2 amide bonds. The van der Waals surface area contributed by atoms with Crippen molar-refractivity contribution in [2.75, 3.05) is 6.61 Å². The van der Waals surface area contributed by atoms with E-state index in [-0.39, 0.29) is 11.6 Å². The second-order valence-corrected chi connectivity index (χ2v) is 13.6. The molecule has 0 aliphatic carbocycles. The van der Waals surface area contributed by atoms with Gasteiger partial charge in [-0.1, -0.05) is 20.8 Å². The topological polar surface area (TPSA) is 96.3 Å². The Bertz CT molecular complexity index is 494. The summed E-state index contributed by atoms with van der Waals surface area (Å²) in [4.78, 5) is 25.2. The molecule has 140 valence electrons. The van der Waals surface area contributed by atoms with Gasteiger partial charge in [-0.05, 0) is 38.9 Å². The smallest absolute Gasteiger partial charge is 0.417 e. The number of carbonyl (C=O) groups is 2. The van der Waals surface area contributed by atoms with Gasteiger partial charge in [0.15, 0.2) is 14.4 Å². The van der Waals surface area contributed by atoms with Crippen LogP contribution in [0.3, 0.4) is 0 Å². The van der Waals surface area contributed by atoms with Gasteiger partial charge in [-0.15, -0.1) is 0 Å². The van der Waals surface area contributed by atoms with E-state index in [0.717, 1.165) is 4.90 Å². The fourth-order valence-corrected chi connectivity index (χ4v) is 3.06. The molecule has 0 radical (unpaired) electrons. The van der Waals surface area contributed by atoms with Crippen LogP contribution in [0.25, 0.3) is 0 Å². The van der Waals surface area contributed by atoms with Crippen molar-refractivity contribution in [2.24, 2.45) is 0 Å². The maximum atomic E-state index is 12.3. The minimum Gasteiger partial charge on any atom is -0.443 e. The Hall–Kier alpha value is -0.963. The van der Waals surface area contributed by atoms with Crippen molar-refractivity contribution in [1.29, 1.82) is 0 Å². The van der Waals surface area contributed by atoms with Gasteiger partial charge in [0.05, 0.1) is 12.6 Å². The van der Waals surface area contributed by atoms with E-state index >= 15 is 0 Å². The van der Waals surface area contributed by atoms with Crippen molar-refractivity contribution in [3.05, 3.63) is 0 Å². The second kappa shape index (κ2) is 6.74. The summed E-state index contributed by atoms with van der Waals surface area (Å²) in [6.45, 7) is 15.3. The highest BCUT2D eigenvalue weighted by atomic mass is 28.4. The average Bonchev–Trinajstić information content (AvgIpc) is 2.57. The van der Waals surface area contributed by atoms with Crippen molar-refractivity contribution >= 4 is 20.3 Å². The largest absolute Gasteiger partial charge is 0.443 e. The van der Waals surface area contributed by atoms with Crippen LogP contribution in [0.5, 0.6) is 0 Å². The Morgan fingerprint density at radius 3 is 2.08 bits per heavy atom. The van der Waals surface area contributed by atoms with Crippen molar-refractivity contribution in [3.8, 4) is 0 Å². The lowest BCUT2D eigenvalue weighted by atomic mass is 10.1. The molecule has 0 unspecified atom stereocenters. The zero-order chi connectivity index (χ0) is 19.1. The second-order valence-electron chi connectivity index (χ2n) is 8.76. The van der Waals surface area contributed by atoms with E-state index in [1.165, 1.54) is 0 Å². The lowest BCUT2D eigenvalue weighted by molar-refractivity contribution is -0.135. The summed E-state index contributed by atoms with van der Waals surface area (Å²) in [5.41, 5.74) is -0.791. The number of imide groups is 1. The molecule has 3 atom stereocenters. The van der Waals surface area contributed by atoms with Gasteiger partial charge in [0, 0.05) is 0 Å². The summed E-state index contributed by atoms with van der Waals surface area (Å²) in [7, 11) is -2.14. The third kappa shape index (κ3) is 4.56. The minimum absolute atomic E-state index is 0.0281. The number of aliphatic hydroxyl groups is 2. The van der Waals surface area contributed by atoms with Crippen molar-refractivity contribution in [3.63, 3.8) is 0 Å². The molecule has 0 bridgehead atoms. The third-order valence-corrected chi connectivity index (χ3v) is 9.05. The number of rotatable bonds is 3. The Labute approximate surface area is 145 Å². The molecule has 1 heterocycles. The maximum absolute atomic E-state index is 12.3. The van der Waals surface area contributed by atoms with E-state index in [9.17, 15) is 19.8 Å². The zero-order valence-electron chi connectivity index (χ0n) is 15.9. The van der Waals surface area contributed by atoms with E-state index in [4.69, 9.17) is 9.16 Å². The van der Waals surface area contributed by atoms with E-state index < -0.39 is 44.2 Å². The standard InChI is InChI=1S/C16H31NO6Si/c1-15(2,3)23-14(21)17-10(11(18)12(19)13(17)20)9-22-24(7,8)16(4,5)6/h10-12,18-19H,9H2,1-8H3/t10-,11-,12-/m0/s1. The summed E-state index contributed by atoms with van der Waals surface area (Å²) < 4.78 is 11.2. The van der Waals surface area contributed by atoms with Crippen LogP contribution in [-0.2, 0) is 14.0 Å². The molecule has 0 aromatic rings. The quantitative estimate of drug-likeness (QED) is 0.745. The Morgan fingerprint density at radius 1 is 1.17 bits per heavy atom. The van der Waals surface area contributed by atoms with E-state index in [2.05, 4.69) is 20.8 Å². The van der Waals surface area contributed by atoms with Crippen LogP contribution in [-0.4, -0.2) is 65.9 Å². The van der Waals surface area contributed by atoms with Gasteiger partial charge in [-0.25, -0.2) is 9.69 Å². The highest BCUT2D eigenvalue weighted by Crippen LogP contribution is 2.37. The molecule has 0 spiro atoms. The van der Waals surface area contributed by atoms with E-state index in [0.29, 0.717) is 0 Å². The maximum Gasteiger partial charge on any atom is 0.417 e. The molecule has 0 aromatic carbocycles. The third-order valence-electron chi connectivity index (χ3n) is 4.55. The molecule has 7 nitrogen and oxygen atoms in total. The molecule has 8 heteroatoms. The van der Waals surface area contributed by atoms with Gasteiger partial charge in [-0.2, -0.15) is 0 Å². The lowest BCUT2D eigenvalue weighted by Gasteiger charge is -2.38. The first kappa shape index (κ1) is 21.1. The normalized spacial score (nSPS) is 26.0. The van der Waals surface area contributed by atoms with Crippen LogP contribution >= 0.6 is 0 Å². The monoisotopic (exact) mass is 361 g/mol. The first-order chi connectivity index (χ1) is 10.6. The molecule has 2 N–H and O–H groups in total. The molecule has 0 saturated carbocycles. The summed E-state index contributed by atoms with van der Waals surface area (Å²) in [5.74, 6) is -0.861. The van der Waals surface area contributed by atoms with E-state index in [1.54, 1.807) is 20.8 Å². The van der Waals surface area contributed by atoms with Crippen LogP contribution in [0.15, 0.2) is 0 Å². The molecule has 1 rings (SSSR count). The molecule has 24 heavy (non-hydrogen) atoms. The molecule has 1 fully saturated rings. The average molecular weight is 362 g/mol. The SMILES string of the molecule is CC(C)(C)OC(=O)N1C(=O)[C@@H](O)[C@@H](O)[C@@H]1CO[Si](C)(C)C(C)(C)C. The highest BCUT2D eigenvalue weighted by Gasteiger charge is 2.52. The summed E-state index contributed by atoms with van der Waals surface area (Å²) in [6.07, 6.45) is -3.92. The van der Waals surface area contributed by atoms with Gasteiger partial charge < -0.3 is 19.4 Å². The minimum atomic E-state index is -2.14. The summed E-state index contributed by atoms with van der Waals surface area (Å²) in [5, 5.41) is 20.0.